The lowest BCUT2D eigenvalue weighted by Gasteiger charge is -2.43. The van der Waals surface area contributed by atoms with E-state index in [1.165, 1.54) is 11.0 Å². The first-order valence-electron chi connectivity index (χ1n) is 7.99. The van der Waals surface area contributed by atoms with Crippen molar-refractivity contribution in [3.63, 3.8) is 0 Å². The number of aromatic nitrogens is 4. The molecule has 0 aromatic carbocycles. The molecule has 9 nitrogen and oxygen atoms in total. The van der Waals surface area contributed by atoms with Crippen molar-refractivity contribution in [2.75, 3.05) is 44.7 Å². The summed E-state index contributed by atoms with van der Waals surface area (Å²) in [6.45, 7) is 4.66. The number of pyridine rings is 1. The van der Waals surface area contributed by atoms with Gasteiger partial charge in [-0.3, -0.25) is 4.90 Å². The maximum atomic E-state index is 12.6. The Balaban J connectivity index is 1.47. The zero-order valence-electron chi connectivity index (χ0n) is 13.2. The summed E-state index contributed by atoms with van der Waals surface area (Å²) in [4.78, 5) is 25.1. The molecule has 24 heavy (non-hydrogen) atoms. The van der Waals surface area contributed by atoms with Crippen LogP contribution in [0.25, 0.3) is 5.82 Å². The quantitative estimate of drug-likeness (QED) is 0.847. The third kappa shape index (κ3) is 2.95. The Kier molecular flexibility index (Phi) is 4.09. The van der Waals surface area contributed by atoms with Gasteiger partial charge in [0.15, 0.2) is 5.82 Å². The largest absolute Gasteiger partial charge is 0.378 e. The molecule has 0 spiro atoms. The van der Waals surface area contributed by atoms with E-state index in [1.807, 2.05) is 11.0 Å². The molecule has 1 N–H and O–H groups in total. The maximum Gasteiger partial charge on any atom is 0.322 e. The maximum absolute atomic E-state index is 12.6. The van der Waals surface area contributed by atoms with E-state index in [-0.39, 0.29) is 12.1 Å². The molecule has 2 aromatic rings. The molecule has 0 saturated carbocycles. The molecular weight excluding hydrogens is 310 g/mol. The number of ether oxygens (including phenoxy) is 1. The fraction of sp³-hybridized carbons (Fsp3) is 0.467. The number of carbonyl (C=O) groups excluding carboxylic acids is 1. The number of piperazine rings is 1. The molecule has 0 bridgehead atoms. The molecule has 0 unspecified atom stereocenters. The van der Waals surface area contributed by atoms with Gasteiger partial charge < -0.3 is 15.0 Å². The lowest BCUT2D eigenvalue weighted by atomic mass is 10.1. The van der Waals surface area contributed by atoms with Gasteiger partial charge in [0.2, 0.25) is 0 Å². The fourth-order valence-electron chi connectivity index (χ4n) is 3.12. The van der Waals surface area contributed by atoms with Gasteiger partial charge in [0.25, 0.3) is 0 Å². The van der Waals surface area contributed by atoms with Gasteiger partial charge in [0.05, 0.1) is 24.9 Å². The smallest absolute Gasteiger partial charge is 0.322 e. The Hall–Kier alpha value is -2.52. The van der Waals surface area contributed by atoms with Crippen LogP contribution in [0, 0.1) is 0 Å². The molecule has 2 amide bonds. The van der Waals surface area contributed by atoms with E-state index >= 15 is 0 Å². The molecule has 9 heteroatoms. The molecule has 126 valence electrons. The van der Waals surface area contributed by atoms with Crippen molar-refractivity contribution in [2.24, 2.45) is 0 Å². The predicted molar refractivity (Wildman–Crippen MR) is 85.9 cm³/mol. The Bertz CT molecular complexity index is 706. The van der Waals surface area contributed by atoms with E-state index in [0.717, 1.165) is 19.7 Å². The van der Waals surface area contributed by atoms with Crippen molar-refractivity contribution < 1.29 is 9.53 Å². The molecular formula is C15H19N7O2. The molecule has 2 aromatic heterocycles. The lowest BCUT2D eigenvalue weighted by molar-refractivity contribution is -0.0355. The van der Waals surface area contributed by atoms with Gasteiger partial charge in [-0.15, -0.1) is 0 Å². The Morgan fingerprint density at radius 3 is 3.17 bits per heavy atom. The van der Waals surface area contributed by atoms with E-state index in [9.17, 15) is 4.79 Å². The third-order valence-electron chi connectivity index (χ3n) is 4.39. The first-order valence-corrected chi connectivity index (χ1v) is 7.99. The number of amides is 2. The topological polar surface area (TPSA) is 88.4 Å². The Labute approximate surface area is 139 Å². The fourth-order valence-corrected chi connectivity index (χ4v) is 3.12. The summed E-state index contributed by atoms with van der Waals surface area (Å²) in [6.07, 6.45) is 4.64. The van der Waals surface area contributed by atoms with Gasteiger partial charge in [0, 0.05) is 32.4 Å². The highest BCUT2D eigenvalue weighted by Gasteiger charge is 2.31. The van der Waals surface area contributed by atoms with Crippen molar-refractivity contribution in [3.8, 4) is 5.82 Å². The number of carbonyl (C=O) groups is 1. The van der Waals surface area contributed by atoms with E-state index in [4.69, 9.17) is 4.74 Å². The van der Waals surface area contributed by atoms with Crippen LogP contribution in [0.3, 0.4) is 0 Å². The van der Waals surface area contributed by atoms with E-state index in [2.05, 4.69) is 25.3 Å². The highest BCUT2D eigenvalue weighted by Crippen LogP contribution is 2.18. The van der Waals surface area contributed by atoms with Gasteiger partial charge in [-0.05, 0) is 12.1 Å². The lowest BCUT2D eigenvalue weighted by Crippen LogP contribution is -2.59. The Morgan fingerprint density at radius 1 is 1.33 bits per heavy atom. The van der Waals surface area contributed by atoms with Crippen LogP contribution in [0.4, 0.5) is 10.5 Å². The van der Waals surface area contributed by atoms with Crippen molar-refractivity contribution in [2.45, 2.75) is 6.04 Å². The normalized spacial score (nSPS) is 21.3. The van der Waals surface area contributed by atoms with Crippen molar-refractivity contribution >= 4 is 11.7 Å². The molecule has 2 aliphatic rings. The van der Waals surface area contributed by atoms with Crippen LogP contribution in [-0.2, 0) is 4.74 Å². The van der Waals surface area contributed by atoms with E-state index < -0.39 is 0 Å². The number of anilines is 1. The molecule has 2 saturated heterocycles. The SMILES string of the molecule is O=C(Nc1cccnc1-n1cncn1)N1CCN2CCOC[C@H]2C1. The zero-order valence-corrected chi connectivity index (χ0v) is 13.2. The van der Waals surface area contributed by atoms with Crippen LogP contribution in [0.5, 0.6) is 0 Å². The summed E-state index contributed by atoms with van der Waals surface area (Å²) in [5, 5.41) is 7.02. The van der Waals surface area contributed by atoms with Gasteiger partial charge in [-0.25, -0.2) is 19.4 Å². The molecule has 2 fully saturated rings. The summed E-state index contributed by atoms with van der Waals surface area (Å²) in [7, 11) is 0. The number of nitrogens with zero attached hydrogens (tertiary/aromatic N) is 6. The van der Waals surface area contributed by atoms with Crippen molar-refractivity contribution in [3.05, 3.63) is 31.0 Å². The monoisotopic (exact) mass is 329 g/mol. The summed E-state index contributed by atoms with van der Waals surface area (Å²) in [5.41, 5.74) is 0.607. The average Bonchev–Trinajstić information content (AvgIpc) is 3.16. The van der Waals surface area contributed by atoms with Gasteiger partial charge >= 0.3 is 6.03 Å². The van der Waals surface area contributed by atoms with Gasteiger partial charge in [0.1, 0.15) is 12.7 Å². The third-order valence-corrected chi connectivity index (χ3v) is 4.39. The summed E-state index contributed by atoms with van der Waals surface area (Å²) < 4.78 is 7.06. The molecule has 0 radical (unpaired) electrons. The standard InChI is InChI=1S/C15H19N7O2/c23-15(21-5-4-20-6-7-24-9-12(20)8-21)19-13-2-1-3-17-14(13)22-11-16-10-18-22/h1-3,10-12H,4-9H2,(H,19,23)/t12-/m1/s1. The van der Waals surface area contributed by atoms with Gasteiger partial charge in [-0.1, -0.05) is 0 Å². The number of fused-ring (bicyclic) bond motifs is 1. The second-order valence-electron chi connectivity index (χ2n) is 5.86. The van der Waals surface area contributed by atoms with Crippen LogP contribution in [0.1, 0.15) is 0 Å². The second kappa shape index (κ2) is 6.54. The first-order chi connectivity index (χ1) is 11.8. The van der Waals surface area contributed by atoms with Crippen LogP contribution < -0.4 is 5.32 Å². The summed E-state index contributed by atoms with van der Waals surface area (Å²) in [6, 6.07) is 3.74. The summed E-state index contributed by atoms with van der Waals surface area (Å²) >= 11 is 0. The zero-order chi connectivity index (χ0) is 16.4. The molecule has 2 aliphatic heterocycles. The minimum absolute atomic E-state index is 0.130. The number of hydrogen-bond donors (Lipinski definition) is 1. The number of urea groups is 1. The van der Waals surface area contributed by atoms with E-state index in [1.54, 1.807) is 18.6 Å². The van der Waals surface area contributed by atoms with Crippen LogP contribution in [0.15, 0.2) is 31.0 Å². The van der Waals surface area contributed by atoms with Crippen LogP contribution >= 0.6 is 0 Å². The second-order valence-corrected chi connectivity index (χ2v) is 5.86. The number of nitrogens with one attached hydrogen (secondary N) is 1. The highest BCUT2D eigenvalue weighted by atomic mass is 16.5. The summed E-state index contributed by atoms with van der Waals surface area (Å²) in [5.74, 6) is 0.544. The number of rotatable bonds is 2. The molecule has 4 rings (SSSR count). The van der Waals surface area contributed by atoms with Crippen LogP contribution in [0.2, 0.25) is 0 Å². The van der Waals surface area contributed by atoms with Crippen LogP contribution in [-0.4, -0.2) is 81.0 Å². The average molecular weight is 329 g/mol. The highest BCUT2D eigenvalue weighted by molar-refractivity contribution is 5.91. The van der Waals surface area contributed by atoms with Crippen molar-refractivity contribution in [1.29, 1.82) is 0 Å². The minimum atomic E-state index is -0.130. The molecule has 1 atom stereocenters. The van der Waals surface area contributed by atoms with Crippen molar-refractivity contribution in [1.82, 2.24) is 29.5 Å². The predicted octanol–water partition coefficient (Wildman–Crippen LogP) is 0.211. The molecule has 0 aliphatic carbocycles. The van der Waals surface area contributed by atoms with Gasteiger partial charge in [-0.2, -0.15) is 5.10 Å². The first kappa shape index (κ1) is 15.0. The molecule has 4 heterocycles. The minimum Gasteiger partial charge on any atom is -0.378 e. The van der Waals surface area contributed by atoms with E-state index in [0.29, 0.717) is 31.2 Å². The Morgan fingerprint density at radius 2 is 2.29 bits per heavy atom. The number of morpholine rings is 1. The number of hydrogen-bond acceptors (Lipinski definition) is 6.